The number of hydrogen-bond acceptors (Lipinski definition) is 4. The molecule has 0 radical (unpaired) electrons. The third-order valence-electron chi connectivity index (χ3n) is 4.63. The van der Waals surface area contributed by atoms with E-state index < -0.39 is 0 Å². The van der Waals surface area contributed by atoms with Crippen LogP contribution in [0.5, 0.6) is 0 Å². The van der Waals surface area contributed by atoms with Gasteiger partial charge in [0.05, 0.1) is 12.3 Å². The minimum Gasteiger partial charge on any atom is -0.445 e. The molecule has 1 saturated carbocycles. The zero-order valence-electron chi connectivity index (χ0n) is 14.0. The number of aromatic nitrogens is 1. The minimum atomic E-state index is -0.295. The summed E-state index contributed by atoms with van der Waals surface area (Å²) in [5.41, 5.74) is 2.57. The van der Waals surface area contributed by atoms with Crippen LogP contribution in [0.4, 0.5) is 10.5 Å². The monoisotopic (exact) mass is 329 g/mol. The first-order valence-electron chi connectivity index (χ1n) is 8.25. The van der Waals surface area contributed by atoms with Crippen molar-refractivity contribution in [1.29, 1.82) is 0 Å². The van der Waals surface area contributed by atoms with Crippen LogP contribution in [0.3, 0.4) is 0 Å². The average molecular weight is 329 g/mol. The number of carbonyl (C=O) groups excluding carboxylic acids is 1. The second-order valence-corrected chi connectivity index (χ2v) is 6.44. The highest BCUT2D eigenvalue weighted by Crippen LogP contribution is 2.27. The van der Waals surface area contributed by atoms with E-state index in [4.69, 9.17) is 4.42 Å². The molecule has 3 rings (SSSR count). The second kappa shape index (κ2) is 7.05. The molecule has 24 heavy (non-hydrogen) atoms. The molecule has 0 spiro atoms. The zero-order chi connectivity index (χ0) is 17.1. The molecule has 6 nitrogen and oxygen atoms in total. The highest BCUT2D eigenvalue weighted by molar-refractivity contribution is 5.90. The molecule has 1 aromatic heterocycles. The van der Waals surface area contributed by atoms with Crippen LogP contribution in [0.1, 0.15) is 24.8 Å². The number of hydrogen-bond donors (Lipinski definition) is 2. The Kier molecular flexibility index (Phi) is 4.85. The van der Waals surface area contributed by atoms with E-state index in [2.05, 4.69) is 10.3 Å². The maximum atomic E-state index is 12.4. The lowest BCUT2D eigenvalue weighted by molar-refractivity contribution is 0.116. The molecule has 2 aromatic rings. The standard InChI is InChI=1S/C18H23N3O3/c1-12-6-7-14(10-15(12)17-19-8-9-24-17)20-18(23)21(2)11-13-4-3-5-16(13)22/h6-10,13,16,22H,3-5,11H2,1-2H3,(H,20,23). The van der Waals surface area contributed by atoms with Crippen molar-refractivity contribution in [3.8, 4) is 11.5 Å². The van der Waals surface area contributed by atoms with Crippen molar-refractivity contribution >= 4 is 11.7 Å². The second-order valence-electron chi connectivity index (χ2n) is 6.44. The first-order valence-corrected chi connectivity index (χ1v) is 8.25. The van der Waals surface area contributed by atoms with Crippen LogP contribution >= 0.6 is 0 Å². The molecule has 1 heterocycles. The maximum absolute atomic E-state index is 12.4. The SMILES string of the molecule is Cc1ccc(NC(=O)N(C)CC2CCCC2O)cc1-c1ncco1. The Hall–Kier alpha value is -2.34. The van der Waals surface area contributed by atoms with Gasteiger partial charge in [0.25, 0.3) is 0 Å². The van der Waals surface area contributed by atoms with E-state index in [9.17, 15) is 9.90 Å². The van der Waals surface area contributed by atoms with Crippen molar-refractivity contribution < 1.29 is 14.3 Å². The zero-order valence-corrected chi connectivity index (χ0v) is 14.0. The lowest BCUT2D eigenvalue weighted by atomic mass is 10.1. The van der Waals surface area contributed by atoms with Gasteiger partial charge in [-0.25, -0.2) is 9.78 Å². The fourth-order valence-electron chi connectivity index (χ4n) is 3.17. The molecule has 1 fully saturated rings. The largest absolute Gasteiger partial charge is 0.445 e. The predicted molar refractivity (Wildman–Crippen MR) is 91.7 cm³/mol. The molecule has 2 atom stereocenters. The van der Waals surface area contributed by atoms with E-state index in [-0.39, 0.29) is 18.1 Å². The Balaban J connectivity index is 1.67. The van der Waals surface area contributed by atoms with Gasteiger partial charge >= 0.3 is 6.03 Å². The van der Waals surface area contributed by atoms with Gasteiger partial charge in [-0.3, -0.25) is 0 Å². The summed E-state index contributed by atoms with van der Waals surface area (Å²) in [6.07, 6.45) is 5.66. The van der Waals surface area contributed by atoms with Crippen LogP contribution in [0.15, 0.2) is 35.1 Å². The van der Waals surface area contributed by atoms with E-state index in [1.165, 1.54) is 6.26 Å². The van der Waals surface area contributed by atoms with Gasteiger partial charge in [0.1, 0.15) is 6.26 Å². The number of nitrogens with zero attached hydrogens (tertiary/aromatic N) is 2. The molecular formula is C18H23N3O3. The Morgan fingerprint density at radius 3 is 2.96 bits per heavy atom. The molecule has 2 N–H and O–H groups in total. The van der Waals surface area contributed by atoms with Crippen molar-refractivity contribution in [2.24, 2.45) is 5.92 Å². The quantitative estimate of drug-likeness (QED) is 0.902. The van der Waals surface area contributed by atoms with E-state index >= 15 is 0 Å². The number of rotatable bonds is 4. The first-order chi connectivity index (χ1) is 11.5. The van der Waals surface area contributed by atoms with Gasteiger partial charge in [-0.1, -0.05) is 12.5 Å². The van der Waals surface area contributed by atoms with Crippen LogP contribution in [-0.4, -0.2) is 40.7 Å². The number of aryl methyl sites for hydroxylation is 1. The smallest absolute Gasteiger partial charge is 0.321 e. The van der Waals surface area contributed by atoms with Gasteiger partial charge in [-0.15, -0.1) is 0 Å². The summed E-state index contributed by atoms with van der Waals surface area (Å²) in [6.45, 7) is 2.53. The summed E-state index contributed by atoms with van der Waals surface area (Å²) in [5.74, 6) is 0.702. The average Bonchev–Trinajstić information content (AvgIpc) is 3.22. The summed E-state index contributed by atoms with van der Waals surface area (Å²) >= 11 is 0. The molecule has 128 valence electrons. The number of anilines is 1. The van der Waals surface area contributed by atoms with Crippen LogP contribution in [-0.2, 0) is 0 Å². The van der Waals surface area contributed by atoms with Crippen LogP contribution in [0.25, 0.3) is 11.5 Å². The van der Waals surface area contributed by atoms with Crippen molar-refractivity contribution in [3.63, 3.8) is 0 Å². The summed E-state index contributed by atoms with van der Waals surface area (Å²) in [4.78, 5) is 18.2. The van der Waals surface area contributed by atoms with Crippen molar-refractivity contribution in [1.82, 2.24) is 9.88 Å². The van der Waals surface area contributed by atoms with Gasteiger partial charge < -0.3 is 19.7 Å². The number of oxazole rings is 1. The summed E-state index contributed by atoms with van der Waals surface area (Å²) < 4.78 is 5.35. The van der Waals surface area contributed by atoms with Crippen molar-refractivity contribution in [2.75, 3.05) is 18.9 Å². The van der Waals surface area contributed by atoms with Crippen LogP contribution in [0, 0.1) is 12.8 Å². The summed E-state index contributed by atoms with van der Waals surface area (Å²) in [6, 6.07) is 5.46. The number of amides is 2. The summed E-state index contributed by atoms with van der Waals surface area (Å²) in [5, 5.41) is 12.8. The molecule has 0 aliphatic heterocycles. The van der Waals surface area contributed by atoms with Crippen molar-refractivity contribution in [3.05, 3.63) is 36.2 Å². The van der Waals surface area contributed by atoms with Gasteiger partial charge in [0.15, 0.2) is 0 Å². The fourth-order valence-corrected chi connectivity index (χ4v) is 3.17. The molecule has 1 aliphatic rings. The van der Waals surface area contributed by atoms with E-state index in [1.807, 2.05) is 25.1 Å². The highest BCUT2D eigenvalue weighted by Gasteiger charge is 2.27. The maximum Gasteiger partial charge on any atom is 0.321 e. The third kappa shape index (κ3) is 3.59. The lowest BCUT2D eigenvalue weighted by Crippen LogP contribution is -2.37. The molecule has 2 unspecified atom stereocenters. The third-order valence-corrected chi connectivity index (χ3v) is 4.63. The van der Waals surface area contributed by atoms with Crippen LogP contribution in [0.2, 0.25) is 0 Å². The van der Waals surface area contributed by atoms with Crippen LogP contribution < -0.4 is 5.32 Å². The van der Waals surface area contributed by atoms with E-state index in [0.29, 0.717) is 18.1 Å². The molecule has 1 aliphatic carbocycles. The first kappa shape index (κ1) is 16.5. The van der Waals surface area contributed by atoms with Gasteiger partial charge in [-0.2, -0.15) is 0 Å². The van der Waals surface area contributed by atoms with Gasteiger partial charge in [0.2, 0.25) is 5.89 Å². The topological polar surface area (TPSA) is 78.6 Å². The number of carbonyl (C=O) groups is 1. The van der Waals surface area contributed by atoms with Gasteiger partial charge in [0, 0.05) is 30.8 Å². The Bertz CT molecular complexity index is 700. The Morgan fingerprint density at radius 2 is 2.29 bits per heavy atom. The summed E-state index contributed by atoms with van der Waals surface area (Å²) in [7, 11) is 1.75. The van der Waals surface area contributed by atoms with Crippen molar-refractivity contribution in [2.45, 2.75) is 32.3 Å². The molecule has 0 saturated heterocycles. The highest BCUT2D eigenvalue weighted by atomic mass is 16.3. The predicted octanol–water partition coefficient (Wildman–Crippen LogP) is 3.27. The molecule has 6 heteroatoms. The minimum absolute atomic E-state index is 0.168. The number of aliphatic hydroxyl groups is 1. The number of benzene rings is 1. The molecular weight excluding hydrogens is 306 g/mol. The number of nitrogens with one attached hydrogen (secondary N) is 1. The normalized spacial score (nSPS) is 20.1. The lowest BCUT2D eigenvalue weighted by Gasteiger charge is -2.23. The molecule has 1 aromatic carbocycles. The number of urea groups is 1. The Labute approximate surface area is 141 Å². The fraction of sp³-hybridized carbons (Fsp3) is 0.444. The number of aliphatic hydroxyl groups excluding tert-OH is 1. The molecule has 2 amide bonds. The molecule has 0 bridgehead atoms. The van der Waals surface area contributed by atoms with E-state index in [0.717, 1.165) is 30.4 Å². The Morgan fingerprint density at radius 1 is 1.46 bits per heavy atom. The van der Waals surface area contributed by atoms with E-state index in [1.54, 1.807) is 18.1 Å². The van der Waals surface area contributed by atoms with Gasteiger partial charge in [-0.05, 0) is 37.5 Å².